The first-order chi connectivity index (χ1) is 11.0. The summed E-state index contributed by atoms with van der Waals surface area (Å²) in [7, 11) is 0. The van der Waals surface area contributed by atoms with Crippen molar-refractivity contribution in [1.82, 2.24) is 5.32 Å². The lowest BCUT2D eigenvalue weighted by Gasteiger charge is -2.25. The molecular formula is C16H20N2O5. The van der Waals surface area contributed by atoms with Gasteiger partial charge in [0, 0.05) is 24.1 Å². The van der Waals surface area contributed by atoms with Crippen LogP contribution in [0.25, 0.3) is 0 Å². The van der Waals surface area contributed by atoms with Crippen molar-refractivity contribution in [2.75, 3.05) is 6.54 Å². The van der Waals surface area contributed by atoms with Crippen molar-refractivity contribution in [1.29, 1.82) is 0 Å². The van der Waals surface area contributed by atoms with Crippen LogP contribution >= 0.6 is 0 Å². The van der Waals surface area contributed by atoms with Crippen LogP contribution in [0.1, 0.15) is 31.2 Å². The molecule has 0 radical (unpaired) electrons. The summed E-state index contributed by atoms with van der Waals surface area (Å²) in [6, 6.07) is 6.48. The van der Waals surface area contributed by atoms with Crippen molar-refractivity contribution in [2.45, 2.75) is 32.1 Å². The Kier molecular flexibility index (Phi) is 5.67. The van der Waals surface area contributed by atoms with E-state index in [-0.39, 0.29) is 23.4 Å². The minimum absolute atomic E-state index is 0.0590. The molecule has 2 N–H and O–H groups in total. The van der Waals surface area contributed by atoms with Gasteiger partial charge in [0.1, 0.15) is 0 Å². The molecule has 1 amide bonds. The molecule has 0 aliphatic heterocycles. The molecule has 23 heavy (non-hydrogen) atoms. The minimum atomic E-state index is -0.791. The molecule has 1 saturated carbocycles. The number of benzene rings is 1. The summed E-state index contributed by atoms with van der Waals surface area (Å²) >= 11 is 0. The molecule has 124 valence electrons. The van der Waals surface area contributed by atoms with Gasteiger partial charge in [-0.3, -0.25) is 19.7 Å². The molecule has 0 aromatic heterocycles. The van der Waals surface area contributed by atoms with Crippen molar-refractivity contribution in [3.63, 3.8) is 0 Å². The van der Waals surface area contributed by atoms with Crippen LogP contribution in [0, 0.1) is 22.0 Å². The standard InChI is InChI=1S/C16H20N2O5/c19-15(12-5-7-13(8-6-12)16(20)21)17-10-9-11-3-1-2-4-14(11)18(22)23/h1-4,12-13H,5-10H2,(H,17,19)(H,20,21). The Bertz CT molecular complexity index is 594. The Morgan fingerprint density at radius 1 is 1.17 bits per heavy atom. The van der Waals surface area contributed by atoms with Crippen molar-refractivity contribution < 1.29 is 19.6 Å². The number of carboxylic acids is 1. The number of amides is 1. The van der Waals surface area contributed by atoms with Crippen LogP contribution in [0.15, 0.2) is 24.3 Å². The first-order valence-electron chi connectivity index (χ1n) is 7.72. The van der Waals surface area contributed by atoms with Gasteiger partial charge in [-0.1, -0.05) is 18.2 Å². The average Bonchev–Trinajstić information content (AvgIpc) is 2.55. The number of carbonyl (C=O) groups excluding carboxylic acids is 1. The number of hydrogen-bond donors (Lipinski definition) is 2. The Morgan fingerprint density at radius 3 is 2.39 bits per heavy atom. The third-order valence-corrected chi connectivity index (χ3v) is 4.33. The first kappa shape index (κ1) is 16.9. The predicted molar refractivity (Wildman–Crippen MR) is 82.9 cm³/mol. The van der Waals surface area contributed by atoms with E-state index in [1.54, 1.807) is 18.2 Å². The lowest BCUT2D eigenvalue weighted by atomic mass is 9.81. The number of aliphatic carboxylic acids is 1. The normalized spacial score (nSPS) is 20.7. The van der Waals surface area contributed by atoms with Crippen molar-refractivity contribution in [2.24, 2.45) is 11.8 Å². The molecule has 2 rings (SSSR count). The second kappa shape index (κ2) is 7.71. The third kappa shape index (κ3) is 4.51. The number of nitro groups is 1. The summed E-state index contributed by atoms with van der Waals surface area (Å²) in [5.41, 5.74) is 0.649. The number of nitrogens with one attached hydrogen (secondary N) is 1. The largest absolute Gasteiger partial charge is 0.481 e. The van der Waals surface area contributed by atoms with Gasteiger partial charge in [0.25, 0.3) is 5.69 Å². The lowest BCUT2D eigenvalue weighted by Crippen LogP contribution is -2.35. The Balaban J connectivity index is 1.80. The number of para-hydroxylation sites is 1. The quantitative estimate of drug-likeness (QED) is 0.616. The smallest absolute Gasteiger partial charge is 0.306 e. The predicted octanol–water partition coefficient (Wildman–Crippen LogP) is 2.14. The fourth-order valence-electron chi connectivity index (χ4n) is 2.97. The number of nitro benzene ring substituents is 1. The van der Waals surface area contributed by atoms with Gasteiger partial charge in [0.05, 0.1) is 10.8 Å². The van der Waals surface area contributed by atoms with Gasteiger partial charge in [-0.15, -0.1) is 0 Å². The zero-order valence-electron chi connectivity index (χ0n) is 12.7. The van der Waals surface area contributed by atoms with Gasteiger partial charge in [-0.05, 0) is 32.1 Å². The summed E-state index contributed by atoms with van der Waals surface area (Å²) in [6.07, 6.45) is 2.60. The zero-order chi connectivity index (χ0) is 16.8. The summed E-state index contributed by atoms with van der Waals surface area (Å²) in [4.78, 5) is 33.5. The highest BCUT2D eigenvalue weighted by molar-refractivity contribution is 5.79. The number of carbonyl (C=O) groups is 2. The molecule has 7 heteroatoms. The zero-order valence-corrected chi connectivity index (χ0v) is 12.7. The van der Waals surface area contributed by atoms with Crippen LogP contribution < -0.4 is 5.32 Å². The maximum Gasteiger partial charge on any atom is 0.306 e. The summed E-state index contributed by atoms with van der Waals surface area (Å²) in [6.45, 7) is 0.336. The highest BCUT2D eigenvalue weighted by Gasteiger charge is 2.29. The van der Waals surface area contributed by atoms with Gasteiger partial charge in [0.2, 0.25) is 5.91 Å². The third-order valence-electron chi connectivity index (χ3n) is 4.33. The number of rotatable bonds is 6. The molecular weight excluding hydrogens is 300 g/mol. The Morgan fingerprint density at radius 2 is 1.78 bits per heavy atom. The first-order valence-corrected chi connectivity index (χ1v) is 7.72. The van der Waals surface area contributed by atoms with E-state index in [4.69, 9.17) is 5.11 Å². The van der Waals surface area contributed by atoms with Crippen molar-refractivity contribution in [3.8, 4) is 0 Å². The van der Waals surface area contributed by atoms with Gasteiger partial charge in [-0.25, -0.2) is 0 Å². The van der Waals surface area contributed by atoms with Crippen LogP contribution in [0.3, 0.4) is 0 Å². The van der Waals surface area contributed by atoms with E-state index in [2.05, 4.69) is 5.32 Å². The number of hydrogen-bond acceptors (Lipinski definition) is 4. The molecule has 0 spiro atoms. The molecule has 1 fully saturated rings. The van der Waals surface area contributed by atoms with Crippen molar-refractivity contribution in [3.05, 3.63) is 39.9 Å². The Hall–Kier alpha value is -2.44. The fraction of sp³-hybridized carbons (Fsp3) is 0.500. The summed E-state index contributed by atoms with van der Waals surface area (Å²) in [5.74, 6) is -1.38. The molecule has 7 nitrogen and oxygen atoms in total. The van der Waals surface area contributed by atoms with Crippen LogP contribution in [0.5, 0.6) is 0 Å². The molecule has 0 unspecified atom stereocenters. The van der Waals surface area contributed by atoms with Gasteiger partial charge >= 0.3 is 5.97 Å². The second-order valence-corrected chi connectivity index (χ2v) is 5.81. The van der Waals surface area contributed by atoms with E-state index < -0.39 is 10.9 Å². The molecule has 1 aliphatic carbocycles. The van der Waals surface area contributed by atoms with Gasteiger partial charge in [0.15, 0.2) is 0 Å². The van der Waals surface area contributed by atoms with E-state index in [0.717, 1.165) is 0 Å². The van der Waals surface area contributed by atoms with E-state index in [1.807, 2.05) is 0 Å². The van der Waals surface area contributed by atoms with E-state index >= 15 is 0 Å². The maximum absolute atomic E-state index is 12.1. The summed E-state index contributed by atoms with van der Waals surface area (Å²) in [5, 5.41) is 22.7. The number of carboxylic acid groups (broad SMARTS) is 1. The average molecular weight is 320 g/mol. The molecule has 1 aromatic rings. The van der Waals surface area contributed by atoms with Gasteiger partial charge < -0.3 is 10.4 Å². The molecule has 1 aliphatic rings. The molecule has 0 heterocycles. The SMILES string of the molecule is O=C(O)C1CCC(C(=O)NCCc2ccccc2[N+](=O)[O-])CC1. The van der Waals surface area contributed by atoms with E-state index in [0.29, 0.717) is 44.2 Å². The molecule has 1 aromatic carbocycles. The molecule has 0 bridgehead atoms. The van der Waals surface area contributed by atoms with Crippen LogP contribution in [0.2, 0.25) is 0 Å². The second-order valence-electron chi connectivity index (χ2n) is 5.81. The lowest BCUT2D eigenvalue weighted by molar-refractivity contribution is -0.385. The maximum atomic E-state index is 12.1. The summed E-state index contributed by atoms with van der Waals surface area (Å²) < 4.78 is 0. The van der Waals surface area contributed by atoms with E-state index in [9.17, 15) is 19.7 Å². The van der Waals surface area contributed by atoms with Crippen LogP contribution in [-0.4, -0.2) is 28.5 Å². The Labute approximate surface area is 133 Å². The van der Waals surface area contributed by atoms with Crippen LogP contribution in [0.4, 0.5) is 5.69 Å². The fourth-order valence-corrected chi connectivity index (χ4v) is 2.97. The minimum Gasteiger partial charge on any atom is -0.481 e. The molecule has 0 saturated heterocycles. The monoisotopic (exact) mass is 320 g/mol. The van der Waals surface area contributed by atoms with Crippen LogP contribution in [-0.2, 0) is 16.0 Å². The topological polar surface area (TPSA) is 110 Å². The van der Waals surface area contributed by atoms with Crippen molar-refractivity contribution >= 4 is 17.6 Å². The number of nitrogens with zero attached hydrogens (tertiary/aromatic N) is 1. The van der Waals surface area contributed by atoms with E-state index in [1.165, 1.54) is 6.07 Å². The van der Waals surface area contributed by atoms with Gasteiger partial charge in [-0.2, -0.15) is 0 Å². The highest BCUT2D eigenvalue weighted by Crippen LogP contribution is 2.29. The molecule has 0 atom stereocenters. The highest BCUT2D eigenvalue weighted by atomic mass is 16.6.